The molecular weight excluding hydrogens is 242 g/mol. The quantitative estimate of drug-likeness (QED) is 0.728. The average molecular weight is 263 g/mol. The SMILES string of the molecule is O=C(O)Cc1ccccc1CNCC1CCCC1O. The molecule has 1 aliphatic rings. The Balaban J connectivity index is 1.86. The first-order valence-electron chi connectivity index (χ1n) is 6.84. The van der Waals surface area contributed by atoms with Gasteiger partial charge in [0.1, 0.15) is 0 Å². The van der Waals surface area contributed by atoms with E-state index in [1.54, 1.807) is 0 Å². The molecule has 104 valence electrons. The number of hydrogen-bond donors (Lipinski definition) is 3. The molecule has 19 heavy (non-hydrogen) atoms. The van der Waals surface area contributed by atoms with E-state index in [9.17, 15) is 9.90 Å². The minimum absolute atomic E-state index is 0.0594. The van der Waals surface area contributed by atoms with Crippen molar-refractivity contribution in [2.45, 2.75) is 38.3 Å². The van der Waals surface area contributed by atoms with Crippen molar-refractivity contribution >= 4 is 5.97 Å². The van der Waals surface area contributed by atoms with E-state index in [0.29, 0.717) is 12.5 Å². The lowest BCUT2D eigenvalue weighted by atomic mass is 10.0. The molecule has 1 aliphatic carbocycles. The van der Waals surface area contributed by atoms with E-state index in [1.165, 1.54) is 0 Å². The van der Waals surface area contributed by atoms with Crippen LogP contribution in [0.2, 0.25) is 0 Å². The molecule has 0 radical (unpaired) electrons. The molecule has 4 nitrogen and oxygen atoms in total. The van der Waals surface area contributed by atoms with Gasteiger partial charge in [-0.3, -0.25) is 4.79 Å². The molecular formula is C15H21NO3. The van der Waals surface area contributed by atoms with E-state index in [4.69, 9.17) is 5.11 Å². The Hall–Kier alpha value is -1.39. The number of carboxylic acids is 1. The molecule has 0 saturated heterocycles. The Morgan fingerprint density at radius 1 is 1.26 bits per heavy atom. The number of nitrogens with one attached hydrogen (secondary N) is 1. The zero-order chi connectivity index (χ0) is 13.7. The van der Waals surface area contributed by atoms with Gasteiger partial charge in [-0.1, -0.05) is 30.7 Å². The van der Waals surface area contributed by atoms with Crippen molar-refractivity contribution in [3.8, 4) is 0 Å². The monoisotopic (exact) mass is 263 g/mol. The van der Waals surface area contributed by atoms with E-state index >= 15 is 0 Å². The third kappa shape index (κ3) is 4.04. The Labute approximate surface area is 113 Å². The van der Waals surface area contributed by atoms with E-state index in [2.05, 4.69) is 5.32 Å². The van der Waals surface area contributed by atoms with Crippen LogP contribution in [0, 0.1) is 5.92 Å². The van der Waals surface area contributed by atoms with Crippen LogP contribution in [0.15, 0.2) is 24.3 Å². The summed E-state index contributed by atoms with van der Waals surface area (Å²) in [6.07, 6.45) is 2.96. The van der Waals surface area contributed by atoms with Gasteiger partial charge in [0.15, 0.2) is 0 Å². The largest absolute Gasteiger partial charge is 0.481 e. The molecule has 0 amide bonds. The van der Waals surface area contributed by atoms with Gasteiger partial charge < -0.3 is 15.5 Å². The number of aliphatic hydroxyl groups is 1. The van der Waals surface area contributed by atoms with Gasteiger partial charge in [0.25, 0.3) is 0 Å². The van der Waals surface area contributed by atoms with E-state index in [1.807, 2.05) is 24.3 Å². The van der Waals surface area contributed by atoms with Crippen molar-refractivity contribution in [2.24, 2.45) is 5.92 Å². The maximum Gasteiger partial charge on any atom is 0.307 e. The fraction of sp³-hybridized carbons (Fsp3) is 0.533. The summed E-state index contributed by atoms with van der Waals surface area (Å²) >= 11 is 0. The van der Waals surface area contributed by atoms with Crippen LogP contribution in [0.5, 0.6) is 0 Å². The molecule has 3 N–H and O–H groups in total. The predicted octanol–water partition coefficient (Wildman–Crippen LogP) is 1.56. The third-order valence-electron chi connectivity index (χ3n) is 3.80. The Kier molecular flexibility index (Phi) is 4.93. The number of carbonyl (C=O) groups is 1. The van der Waals surface area contributed by atoms with Crippen LogP contribution < -0.4 is 5.32 Å². The van der Waals surface area contributed by atoms with Crippen LogP contribution in [-0.2, 0) is 17.8 Å². The van der Waals surface area contributed by atoms with Crippen molar-refractivity contribution in [1.29, 1.82) is 0 Å². The van der Waals surface area contributed by atoms with Gasteiger partial charge in [-0.05, 0) is 29.9 Å². The first kappa shape index (κ1) is 14.0. The lowest BCUT2D eigenvalue weighted by Crippen LogP contribution is -2.27. The summed E-state index contributed by atoms with van der Waals surface area (Å²) in [6.45, 7) is 1.45. The topological polar surface area (TPSA) is 69.6 Å². The molecule has 0 aromatic heterocycles. The normalized spacial score (nSPS) is 22.6. The molecule has 2 atom stereocenters. The van der Waals surface area contributed by atoms with Crippen molar-refractivity contribution < 1.29 is 15.0 Å². The summed E-state index contributed by atoms with van der Waals surface area (Å²) in [5, 5.41) is 21.9. The number of hydrogen-bond acceptors (Lipinski definition) is 3. The van der Waals surface area contributed by atoms with E-state index in [0.717, 1.165) is 36.9 Å². The molecule has 0 spiro atoms. The third-order valence-corrected chi connectivity index (χ3v) is 3.80. The highest BCUT2D eigenvalue weighted by Gasteiger charge is 2.24. The molecule has 1 saturated carbocycles. The number of carboxylic acid groups (broad SMARTS) is 1. The van der Waals surface area contributed by atoms with Crippen LogP contribution in [0.25, 0.3) is 0 Å². The summed E-state index contributed by atoms with van der Waals surface area (Å²) < 4.78 is 0. The van der Waals surface area contributed by atoms with Gasteiger partial charge in [-0.15, -0.1) is 0 Å². The van der Waals surface area contributed by atoms with Gasteiger partial charge >= 0.3 is 5.97 Å². The van der Waals surface area contributed by atoms with Gasteiger partial charge in [0.2, 0.25) is 0 Å². The lowest BCUT2D eigenvalue weighted by molar-refractivity contribution is -0.136. The van der Waals surface area contributed by atoms with Gasteiger partial charge in [-0.25, -0.2) is 0 Å². The standard InChI is InChI=1S/C15H21NO3/c17-14-7-3-6-13(14)10-16-9-12-5-2-1-4-11(12)8-15(18)19/h1-2,4-5,13-14,16-17H,3,6-10H2,(H,18,19). The predicted molar refractivity (Wildman–Crippen MR) is 72.8 cm³/mol. The highest BCUT2D eigenvalue weighted by Crippen LogP contribution is 2.24. The minimum atomic E-state index is -0.807. The van der Waals surface area contributed by atoms with E-state index in [-0.39, 0.29) is 12.5 Å². The molecule has 2 unspecified atom stereocenters. The second-order valence-electron chi connectivity index (χ2n) is 5.23. The van der Waals surface area contributed by atoms with Crippen molar-refractivity contribution in [3.63, 3.8) is 0 Å². The van der Waals surface area contributed by atoms with Crippen molar-refractivity contribution in [3.05, 3.63) is 35.4 Å². The Bertz CT molecular complexity index is 433. The lowest BCUT2D eigenvalue weighted by Gasteiger charge is -2.16. The first-order chi connectivity index (χ1) is 9.16. The van der Waals surface area contributed by atoms with Crippen LogP contribution >= 0.6 is 0 Å². The molecule has 0 aliphatic heterocycles. The van der Waals surface area contributed by atoms with Crippen LogP contribution in [0.3, 0.4) is 0 Å². The van der Waals surface area contributed by atoms with Crippen LogP contribution in [-0.4, -0.2) is 28.8 Å². The molecule has 0 bridgehead atoms. The van der Waals surface area contributed by atoms with Crippen LogP contribution in [0.4, 0.5) is 0 Å². The average Bonchev–Trinajstić information content (AvgIpc) is 2.77. The summed E-state index contributed by atoms with van der Waals surface area (Å²) in [7, 11) is 0. The van der Waals surface area contributed by atoms with Gasteiger partial charge in [0.05, 0.1) is 12.5 Å². The maximum absolute atomic E-state index is 10.8. The molecule has 4 heteroatoms. The number of rotatable bonds is 6. The first-order valence-corrected chi connectivity index (χ1v) is 6.84. The smallest absolute Gasteiger partial charge is 0.307 e. The molecule has 0 heterocycles. The maximum atomic E-state index is 10.8. The molecule has 2 rings (SSSR count). The summed E-state index contributed by atoms with van der Waals surface area (Å²) in [4.78, 5) is 10.8. The molecule has 1 aromatic carbocycles. The van der Waals surface area contributed by atoms with E-state index < -0.39 is 5.97 Å². The summed E-state index contributed by atoms with van der Waals surface area (Å²) in [6, 6.07) is 7.60. The van der Waals surface area contributed by atoms with Gasteiger partial charge in [0, 0.05) is 13.1 Å². The Morgan fingerprint density at radius 3 is 2.63 bits per heavy atom. The highest BCUT2D eigenvalue weighted by atomic mass is 16.4. The fourth-order valence-electron chi connectivity index (χ4n) is 2.71. The zero-order valence-corrected chi connectivity index (χ0v) is 11.0. The van der Waals surface area contributed by atoms with Crippen LogP contribution in [0.1, 0.15) is 30.4 Å². The fourth-order valence-corrected chi connectivity index (χ4v) is 2.71. The van der Waals surface area contributed by atoms with Crippen molar-refractivity contribution in [1.82, 2.24) is 5.32 Å². The number of aliphatic carboxylic acids is 1. The van der Waals surface area contributed by atoms with Crippen molar-refractivity contribution in [2.75, 3.05) is 6.54 Å². The minimum Gasteiger partial charge on any atom is -0.481 e. The Morgan fingerprint density at radius 2 is 2.00 bits per heavy atom. The molecule has 1 aromatic rings. The second-order valence-corrected chi connectivity index (χ2v) is 5.23. The second kappa shape index (κ2) is 6.68. The summed E-state index contributed by atoms with van der Waals surface area (Å²) in [5.41, 5.74) is 1.88. The number of benzene rings is 1. The molecule has 1 fully saturated rings. The number of aliphatic hydroxyl groups excluding tert-OH is 1. The van der Waals surface area contributed by atoms with Gasteiger partial charge in [-0.2, -0.15) is 0 Å². The highest BCUT2D eigenvalue weighted by molar-refractivity contribution is 5.70. The zero-order valence-electron chi connectivity index (χ0n) is 11.0. The summed E-state index contributed by atoms with van der Waals surface area (Å²) in [5.74, 6) is -0.467.